The summed E-state index contributed by atoms with van der Waals surface area (Å²) in [7, 11) is 1.72. The summed E-state index contributed by atoms with van der Waals surface area (Å²) in [6.45, 7) is 0. The molecule has 1 aliphatic carbocycles. The van der Waals surface area contributed by atoms with E-state index in [0.717, 1.165) is 12.2 Å². The molecule has 0 spiro atoms. The van der Waals surface area contributed by atoms with Gasteiger partial charge in [0.2, 0.25) is 0 Å². The third-order valence-corrected chi connectivity index (χ3v) is 2.16. The predicted molar refractivity (Wildman–Crippen MR) is 48.9 cm³/mol. The maximum atomic E-state index is 5.27. The summed E-state index contributed by atoms with van der Waals surface area (Å²) < 4.78 is 5.27. The van der Waals surface area contributed by atoms with Crippen LogP contribution in [0.4, 0.5) is 0 Å². The van der Waals surface area contributed by atoms with Crippen molar-refractivity contribution in [3.8, 4) is 0 Å². The Morgan fingerprint density at radius 1 is 1.50 bits per heavy atom. The normalized spacial score (nSPS) is 25.9. The van der Waals surface area contributed by atoms with Gasteiger partial charge in [0.05, 0.1) is 13.0 Å². The van der Waals surface area contributed by atoms with E-state index in [1.807, 2.05) is 12.4 Å². The molecule has 1 atom stereocenters. The number of hydrogen-bond donors (Lipinski definition) is 0. The third-order valence-electron chi connectivity index (χ3n) is 2.16. The van der Waals surface area contributed by atoms with E-state index in [0.29, 0.717) is 5.92 Å². The van der Waals surface area contributed by atoms with E-state index in [1.54, 1.807) is 7.11 Å². The van der Waals surface area contributed by atoms with Crippen molar-refractivity contribution in [2.24, 2.45) is 10.9 Å². The lowest BCUT2D eigenvalue weighted by molar-refractivity contribution is 0.264. The van der Waals surface area contributed by atoms with E-state index < -0.39 is 0 Å². The molecule has 0 bridgehead atoms. The average molecular weight is 161 g/mol. The molecule has 62 valence electrons. The number of fused-ring (bicyclic) bond motifs is 1. The van der Waals surface area contributed by atoms with Crippen molar-refractivity contribution in [2.45, 2.75) is 6.42 Å². The second-order valence-electron chi connectivity index (χ2n) is 2.85. The molecular weight excluding hydrogens is 150 g/mol. The van der Waals surface area contributed by atoms with Gasteiger partial charge in [0.25, 0.3) is 0 Å². The van der Waals surface area contributed by atoms with E-state index >= 15 is 0 Å². The van der Waals surface area contributed by atoms with Crippen LogP contribution >= 0.6 is 0 Å². The highest BCUT2D eigenvalue weighted by atomic mass is 16.5. The van der Waals surface area contributed by atoms with Crippen molar-refractivity contribution >= 4 is 6.21 Å². The monoisotopic (exact) mass is 161 g/mol. The highest BCUT2D eigenvalue weighted by Gasteiger charge is 2.19. The Morgan fingerprint density at radius 2 is 2.42 bits per heavy atom. The molecule has 0 N–H and O–H groups in total. The zero-order chi connectivity index (χ0) is 8.39. The summed E-state index contributed by atoms with van der Waals surface area (Å²) in [5, 5.41) is 0. The van der Waals surface area contributed by atoms with Crippen LogP contribution in [0, 0.1) is 5.92 Å². The van der Waals surface area contributed by atoms with Crippen LogP contribution in [-0.2, 0) is 4.74 Å². The van der Waals surface area contributed by atoms with Crippen LogP contribution in [0.3, 0.4) is 0 Å². The molecule has 0 fully saturated rings. The van der Waals surface area contributed by atoms with Crippen molar-refractivity contribution in [1.82, 2.24) is 0 Å². The molecule has 0 aromatic carbocycles. The minimum Gasteiger partial charge on any atom is -0.500 e. The molecule has 2 aliphatic rings. The van der Waals surface area contributed by atoms with Gasteiger partial charge in [-0.2, -0.15) is 0 Å². The Kier molecular flexibility index (Phi) is 1.82. The fourth-order valence-electron chi connectivity index (χ4n) is 1.54. The van der Waals surface area contributed by atoms with E-state index in [-0.39, 0.29) is 0 Å². The zero-order valence-corrected chi connectivity index (χ0v) is 7.03. The first kappa shape index (κ1) is 7.35. The maximum Gasteiger partial charge on any atom is 0.103 e. The summed E-state index contributed by atoms with van der Waals surface area (Å²) in [5.41, 5.74) is 1.25. The fraction of sp³-hybridized carbons (Fsp3) is 0.300. The van der Waals surface area contributed by atoms with Crippen molar-refractivity contribution < 1.29 is 4.74 Å². The number of ether oxygens (including phenoxy) is 1. The second kappa shape index (κ2) is 2.97. The number of aliphatic imine (C=N–C) groups is 1. The molecule has 0 aromatic rings. The quantitative estimate of drug-likeness (QED) is 0.576. The van der Waals surface area contributed by atoms with Crippen molar-refractivity contribution in [3.05, 3.63) is 35.8 Å². The van der Waals surface area contributed by atoms with E-state index in [9.17, 15) is 0 Å². The Morgan fingerprint density at radius 3 is 3.25 bits per heavy atom. The number of nitrogens with zero attached hydrogens (tertiary/aromatic N) is 1. The summed E-state index contributed by atoms with van der Waals surface area (Å²) in [5.74, 6) is 1.34. The molecule has 2 heteroatoms. The Balaban J connectivity index is 2.29. The number of hydrogen-bond acceptors (Lipinski definition) is 2. The number of rotatable bonds is 1. The standard InChI is InChI=1S/C10H11NO/c1-12-10-4-2-3-8-7-11-6-5-9(8)10/h3-7,9H,2H2,1H3. The lowest BCUT2D eigenvalue weighted by Gasteiger charge is -2.21. The molecule has 0 radical (unpaired) electrons. The maximum absolute atomic E-state index is 5.27. The first-order chi connectivity index (χ1) is 5.92. The zero-order valence-electron chi connectivity index (χ0n) is 7.03. The molecule has 1 heterocycles. The first-order valence-electron chi connectivity index (χ1n) is 4.06. The van der Waals surface area contributed by atoms with Gasteiger partial charge in [0.15, 0.2) is 0 Å². The fourth-order valence-corrected chi connectivity index (χ4v) is 1.54. The minimum atomic E-state index is 0.307. The molecular formula is C10H11NO. The predicted octanol–water partition coefficient (Wildman–Crippen LogP) is 2.06. The van der Waals surface area contributed by atoms with E-state index in [1.165, 1.54) is 5.57 Å². The topological polar surface area (TPSA) is 21.6 Å². The SMILES string of the molecule is COC1=CCC=C2C=NC=CC21. The van der Waals surface area contributed by atoms with E-state index in [2.05, 4.69) is 23.2 Å². The van der Waals surface area contributed by atoms with E-state index in [4.69, 9.17) is 4.74 Å². The average Bonchev–Trinajstić information content (AvgIpc) is 2.17. The van der Waals surface area contributed by atoms with Crippen LogP contribution in [0.2, 0.25) is 0 Å². The molecule has 12 heavy (non-hydrogen) atoms. The third kappa shape index (κ3) is 1.09. The van der Waals surface area contributed by atoms with Crippen LogP contribution in [0.5, 0.6) is 0 Å². The molecule has 0 saturated carbocycles. The number of methoxy groups -OCH3 is 1. The van der Waals surface area contributed by atoms with Gasteiger partial charge in [-0.15, -0.1) is 0 Å². The second-order valence-corrected chi connectivity index (χ2v) is 2.85. The lowest BCUT2D eigenvalue weighted by Crippen LogP contribution is -2.12. The van der Waals surface area contributed by atoms with Crippen LogP contribution in [0.25, 0.3) is 0 Å². The molecule has 0 aromatic heterocycles. The van der Waals surface area contributed by atoms with Gasteiger partial charge in [-0.25, -0.2) is 0 Å². The largest absolute Gasteiger partial charge is 0.500 e. The summed E-state index contributed by atoms with van der Waals surface area (Å²) in [6, 6.07) is 0. The van der Waals surface area contributed by atoms with Gasteiger partial charge in [0, 0.05) is 12.4 Å². The summed E-state index contributed by atoms with van der Waals surface area (Å²) in [6.07, 6.45) is 11.0. The molecule has 0 amide bonds. The molecule has 1 unspecified atom stereocenters. The van der Waals surface area contributed by atoms with Gasteiger partial charge >= 0.3 is 0 Å². The van der Waals surface area contributed by atoms with Gasteiger partial charge in [-0.1, -0.05) is 12.2 Å². The van der Waals surface area contributed by atoms with Gasteiger partial charge in [-0.3, -0.25) is 4.99 Å². The van der Waals surface area contributed by atoms with Crippen LogP contribution in [-0.4, -0.2) is 13.3 Å². The smallest absolute Gasteiger partial charge is 0.103 e. The Hall–Kier alpha value is -1.31. The van der Waals surface area contributed by atoms with Crippen LogP contribution in [0.1, 0.15) is 6.42 Å². The van der Waals surface area contributed by atoms with Gasteiger partial charge in [-0.05, 0) is 18.1 Å². The van der Waals surface area contributed by atoms with Crippen LogP contribution < -0.4 is 0 Å². The molecule has 1 aliphatic heterocycles. The highest BCUT2D eigenvalue weighted by Crippen LogP contribution is 2.28. The Bertz CT molecular complexity index is 297. The molecule has 0 saturated heterocycles. The molecule has 2 nitrogen and oxygen atoms in total. The van der Waals surface area contributed by atoms with Crippen molar-refractivity contribution in [3.63, 3.8) is 0 Å². The van der Waals surface area contributed by atoms with Gasteiger partial charge < -0.3 is 4.74 Å². The van der Waals surface area contributed by atoms with Crippen LogP contribution in [0.15, 0.2) is 40.8 Å². The highest BCUT2D eigenvalue weighted by molar-refractivity contribution is 5.82. The van der Waals surface area contributed by atoms with Crippen molar-refractivity contribution in [2.75, 3.05) is 7.11 Å². The summed E-state index contributed by atoms with van der Waals surface area (Å²) >= 11 is 0. The lowest BCUT2D eigenvalue weighted by atomic mass is 9.91. The minimum absolute atomic E-state index is 0.307. The first-order valence-corrected chi connectivity index (χ1v) is 4.06. The number of allylic oxidation sites excluding steroid dienone is 3. The van der Waals surface area contributed by atoms with Crippen molar-refractivity contribution in [1.29, 1.82) is 0 Å². The van der Waals surface area contributed by atoms with Gasteiger partial charge in [0.1, 0.15) is 5.76 Å². The Labute approximate surface area is 72.0 Å². The molecule has 2 rings (SSSR count). The summed E-state index contributed by atoms with van der Waals surface area (Å²) in [4.78, 5) is 4.07.